The van der Waals surface area contributed by atoms with E-state index in [2.05, 4.69) is 0 Å². The van der Waals surface area contributed by atoms with Crippen molar-refractivity contribution in [3.8, 4) is 11.5 Å². The normalized spacial score (nSPS) is 17.3. The lowest BCUT2D eigenvalue weighted by Gasteiger charge is -2.16. The number of methoxy groups -OCH3 is 2. The van der Waals surface area contributed by atoms with Crippen LogP contribution in [0.15, 0.2) is 12.1 Å². The summed E-state index contributed by atoms with van der Waals surface area (Å²) in [4.78, 5) is 0. The molecule has 1 aliphatic rings. The molecule has 1 fully saturated rings. The van der Waals surface area contributed by atoms with Gasteiger partial charge in [0.2, 0.25) is 0 Å². The molecular formula is C11H13FO3. The molecule has 1 aromatic carbocycles. The van der Waals surface area contributed by atoms with Gasteiger partial charge in [-0.15, -0.1) is 0 Å². The van der Waals surface area contributed by atoms with Crippen molar-refractivity contribution in [2.45, 2.75) is 18.4 Å². The fraction of sp³-hybridized carbons (Fsp3) is 0.455. The van der Waals surface area contributed by atoms with Crippen LogP contribution < -0.4 is 9.47 Å². The Labute approximate surface area is 87.4 Å². The number of ether oxygens (including phenoxy) is 2. The van der Waals surface area contributed by atoms with Gasteiger partial charge in [-0.05, 0) is 25.0 Å². The van der Waals surface area contributed by atoms with Gasteiger partial charge in [0.1, 0.15) is 5.82 Å². The summed E-state index contributed by atoms with van der Waals surface area (Å²) in [7, 11) is 2.92. The Bertz CT molecular complexity index is 386. The van der Waals surface area contributed by atoms with Gasteiger partial charge >= 0.3 is 0 Å². The van der Waals surface area contributed by atoms with Crippen LogP contribution in [0, 0.1) is 5.82 Å². The maximum atomic E-state index is 13.6. The van der Waals surface area contributed by atoms with Crippen LogP contribution in [-0.4, -0.2) is 19.3 Å². The maximum absolute atomic E-state index is 13.6. The first-order valence-electron chi connectivity index (χ1n) is 4.76. The largest absolute Gasteiger partial charge is 0.493 e. The smallest absolute Gasteiger partial charge is 0.169 e. The van der Waals surface area contributed by atoms with E-state index in [1.54, 1.807) is 0 Å². The van der Waals surface area contributed by atoms with Crippen LogP contribution in [-0.2, 0) is 5.60 Å². The minimum absolute atomic E-state index is 0.212. The van der Waals surface area contributed by atoms with Gasteiger partial charge in [0.15, 0.2) is 11.5 Å². The van der Waals surface area contributed by atoms with E-state index in [0.717, 1.165) is 0 Å². The predicted molar refractivity (Wildman–Crippen MR) is 52.6 cm³/mol. The first-order chi connectivity index (χ1) is 7.12. The number of benzene rings is 1. The molecule has 0 bridgehead atoms. The van der Waals surface area contributed by atoms with Crippen molar-refractivity contribution in [2.75, 3.05) is 14.2 Å². The van der Waals surface area contributed by atoms with Crippen molar-refractivity contribution < 1.29 is 19.0 Å². The molecule has 0 heterocycles. The van der Waals surface area contributed by atoms with Crippen molar-refractivity contribution >= 4 is 0 Å². The number of hydrogen-bond acceptors (Lipinski definition) is 3. The van der Waals surface area contributed by atoms with E-state index in [0.29, 0.717) is 18.6 Å². The van der Waals surface area contributed by atoms with Gasteiger partial charge in [0.25, 0.3) is 0 Å². The van der Waals surface area contributed by atoms with Gasteiger partial charge in [-0.25, -0.2) is 4.39 Å². The van der Waals surface area contributed by atoms with Crippen molar-refractivity contribution in [1.29, 1.82) is 0 Å². The van der Waals surface area contributed by atoms with Crippen LogP contribution in [0.2, 0.25) is 0 Å². The second-order valence-corrected chi connectivity index (χ2v) is 3.69. The van der Waals surface area contributed by atoms with Crippen molar-refractivity contribution in [1.82, 2.24) is 0 Å². The summed E-state index contributed by atoms with van der Waals surface area (Å²) in [5.41, 5.74) is -0.853. The van der Waals surface area contributed by atoms with Crippen molar-refractivity contribution in [3.63, 3.8) is 0 Å². The number of rotatable bonds is 3. The molecule has 15 heavy (non-hydrogen) atoms. The molecule has 0 saturated heterocycles. The molecule has 82 valence electrons. The summed E-state index contributed by atoms with van der Waals surface area (Å²) in [6.45, 7) is 0. The fourth-order valence-electron chi connectivity index (χ4n) is 1.70. The first kappa shape index (κ1) is 10.2. The van der Waals surface area contributed by atoms with Crippen LogP contribution in [0.25, 0.3) is 0 Å². The summed E-state index contributed by atoms with van der Waals surface area (Å²) in [5.74, 6) is 0.277. The number of hydrogen-bond donors (Lipinski definition) is 1. The number of aliphatic hydroxyl groups is 1. The van der Waals surface area contributed by atoms with Gasteiger partial charge in [-0.3, -0.25) is 0 Å². The minimum atomic E-state index is -1.07. The summed E-state index contributed by atoms with van der Waals surface area (Å²) >= 11 is 0. The van der Waals surface area contributed by atoms with E-state index in [4.69, 9.17) is 9.47 Å². The van der Waals surface area contributed by atoms with E-state index in [-0.39, 0.29) is 11.3 Å². The molecule has 0 unspecified atom stereocenters. The Morgan fingerprint density at radius 2 is 1.93 bits per heavy atom. The predicted octanol–water partition coefficient (Wildman–Crippen LogP) is 1.82. The molecule has 0 amide bonds. The molecule has 4 heteroatoms. The lowest BCUT2D eigenvalue weighted by molar-refractivity contribution is 0.141. The second-order valence-electron chi connectivity index (χ2n) is 3.69. The molecule has 0 radical (unpaired) electrons. The molecule has 0 spiro atoms. The van der Waals surface area contributed by atoms with Gasteiger partial charge in [-0.1, -0.05) is 0 Å². The quantitative estimate of drug-likeness (QED) is 0.830. The number of halogens is 1. The lowest BCUT2D eigenvalue weighted by Crippen LogP contribution is -2.10. The summed E-state index contributed by atoms with van der Waals surface area (Å²) < 4.78 is 23.7. The third kappa shape index (κ3) is 1.55. The Kier molecular flexibility index (Phi) is 2.31. The summed E-state index contributed by atoms with van der Waals surface area (Å²) in [6.07, 6.45) is 1.13. The molecule has 1 saturated carbocycles. The lowest BCUT2D eigenvalue weighted by atomic mass is 10.1. The molecule has 0 atom stereocenters. The average Bonchev–Trinajstić information content (AvgIpc) is 2.96. The Morgan fingerprint density at radius 1 is 1.27 bits per heavy atom. The minimum Gasteiger partial charge on any atom is -0.493 e. The highest BCUT2D eigenvalue weighted by atomic mass is 19.1. The van der Waals surface area contributed by atoms with Crippen LogP contribution in [0.1, 0.15) is 18.4 Å². The molecule has 1 aromatic rings. The molecule has 0 aliphatic heterocycles. The van der Waals surface area contributed by atoms with E-state index in [1.807, 2.05) is 0 Å². The molecular weight excluding hydrogens is 199 g/mol. The standard InChI is InChI=1S/C11H13FO3/c1-14-8-4-3-7(12)9(10(8)15-2)11(13)5-6-11/h3-4,13H,5-6H2,1-2H3. The fourth-order valence-corrected chi connectivity index (χ4v) is 1.70. The van der Waals surface area contributed by atoms with E-state index in [9.17, 15) is 9.50 Å². The SMILES string of the molecule is COc1ccc(F)c(C2(O)CC2)c1OC. The zero-order valence-corrected chi connectivity index (χ0v) is 8.71. The summed E-state index contributed by atoms with van der Waals surface area (Å²) in [6, 6.07) is 2.77. The molecule has 3 nitrogen and oxygen atoms in total. The maximum Gasteiger partial charge on any atom is 0.169 e. The van der Waals surface area contributed by atoms with Crippen LogP contribution in [0.4, 0.5) is 4.39 Å². The Hall–Kier alpha value is -1.29. The first-order valence-corrected chi connectivity index (χ1v) is 4.76. The van der Waals surface area contributed by atoms with Crippen molar-refractivity contribution in [2.24, 2.45) is 0 Å². The molecule has 1 aliphatic carbocycles. The Morgan fingerprint density at radius 3 is 2.40 bits per heavy atom. The van der Waals surface area contributed by atoms with Gasteiger partial charge in [0.05, 0.1) is 25.4 Å². The third-order valence-electron chi connectivity index (χ3n) is 2.68. The summed E-state index contributed by atoms with van der Waals surface area (Å²) in [5, 5.41) is 9.94. The highest BCUT2D eigenvalue weighted by molar-refractivity contribution is 5.51. The average molecular weight is 212 g/mol. The topological polar surface area (TPSA) is 38.7 Å². The van der Waals surface area contributed by atoms with Gasteiger partial charge in [-0.2, -0.15) is 0 Å². The van der Waals surface area contributed by atoms with Crippen molar-refractivity contribution in [3.05, 3.63) is 23.5 Å². The van der Waals surface area contributed by atoms with Crippen LogP contribution >= 0.6 is 0 Å². The Balaban J connectivity index is 2.59. The second kappa shape index (κ2) is 3.38. The third-order valence-corrected chi connectivity index (χ3v) is 2.68. The van der Waals surface area contributed by atoms with E-state index >= 15 is 0 Å². The van der Waals surface area contributed by atoms with E-state index in [1.165, 1.54) is 26.4 Å². The highest BCUT2D eigenvalue weighted by Crippen LogP contribution is 2.52. The van der Waals surface area contributed by atoms with E-state index < -0.39 is 11.4 Å². The zero-order chi connectivity index (χ0) is 11.1. The molecule has 1 N–H and O–H groups in total. The molecule has 0 aromatic heterocycles. The van der Waals surface area contributed by atoms with Gasteiger partial charge < -0.3 is 14.6 Å². The molecule has 2 rings (SSSR count). The van der Waals surface area contributed by atoms with Crippen LogP contribution in [0.3, 0.4) is 0 Å². The van der Waals surface area contributed by atoms with Crippen LogP contribution in [0.5, 0.6) is 11.5 Å². The van der Waals surface area contributed by atoms with Gasteiger partial charge in [0, 0.05) is 0 Å². The zero-order valence-electron chi connectivity index (χ0n) is 8.71. The monoisotopic (exact) mass is 212 g/mol. The highest BCUT2D eigenvalue weighted by Gasteiger charge is 2.47.